The zero-order chi connectivity index (χ0) is 15.2. The second-order valence-electron chi connectivity index (χ2n) is 4.69. The summed E-state index contributed by atoms with van der Waals surface area (Å²) in [6, 6.07) is 13.6. The molecule has 0 heterocycles. The number of nitrogens with one attached hydrogen (secondary N) is 1. The molecule has 2 aromatic rings. The quantitative estimate of drug-likeness (QED) is 0.868. The summed E-state index contributed by atoms with van der Waals surface area (Å²) in [4.78, 5) is 12.0. The van der Waals surface area contributed by atoms with Crippen LogP contribution in [0.3, 0.4) is 0 Å². The summed E-state index contributed by atoms with van der Waals surface area (Å²) >= 11 is 3.24. The van der Waals surface area contributed by atoms with E-state index < -0.39 is 5.82 Å². The van der Waals surface area contributed by atoms with Crippen LogP contribution in [0, 0.1) is 5.82 Å². The van der Waals surface area contributed by atoms with Gasteiger partial charge in [0.05, 0.1) is 5.56 Å². The number of nitrogens with two attached hydrogens (primary N) is 1. The van der Waals surface area contributed by atoms with E-state index in [9.17, 15) is 9.18 Å². The second kappa shape index (κ2) is 7.33. The number of amides is 1. The Kier molecular flexibility index (Phi) is 5.47. The van der Waals surface area contributed by atoms with Crippen LogP contribution >= 0.6 is 15.9 Å². The van der Waals surface area contributed by atoms with Crippen molar-refractivity contribution >= 4 is 21.8 Å². The zero-order valence-electron chi connectivity index (χ0n) is 11.4. The van der Waals surface area contributed by atoms with Crippen LogP contribution in [0.4, 0.5) is 4.39 Å². The van der Waals surface area contributed by atoms with Gasteiger partial charge in [0, 0.05) is 17.1 Å². The first kappa shape index (κ1) is 15.7. The average Bonchev–Trinajstić information content (AvgIpc) is 2.50. The van der Waals surface area contributed by atoms with Crippen molar-refractivity contribution in [2.75, 3.05) is 6.54 Å². The number of hydrogen-bond donors (Lipinski definition) is 2. The number of rotatable bonds is 5. The minimum Gasteiger partial charge on any atom is -0.352 e. The van der Waals surface area contributed by atoms with E-state index in [1.165, 1.54) is 18.2 Å². The smallest absolute Gasteiger partial charge is 0.252 e. The van der Waals surface area contributed by atoms with E-state index in [1.807, 2.05) is 30.3 Å². The highest BCUT2D eigenvalue weighted by Crippen LogP contribution is 2.18. The Bertz CT molecular complexity index is 619. The summed E-state index contributed by atoms with van der Waals surface area (Å²) < 4.78 is 13.7. The molecule has 0 aliphatic heterocycles. The summed E-state index contributed by atoms with van der Waals surface area (Å²) in [6.07, 6.45) is 0.614. The van der Waals surface area contributed by atoms with E-state index in [0.717, 1.165) is 5.56 Å². The van der Waals surface area contributed by atoms with Gasteiger partial charge in [-0.3, -0.25) is 4.79 Å². The summed E-state index contributed by atoms with van der Waals surface area (Å²) in [5, 5.41) is 2.75. The van der Waals surface area contributed by atoms with Gasteiger partial charge in [0.2, 0.25) is 0 Å². The molecule has 0 bridgehead atoms. The first-order valence-corrected chi connectivity index (χ1v) is 7.41. The summed E-state index contributed by atoms with van der Waals surface area (Å²) in [5.41, 5.74) is 7.36. The molecule has 3 N–H and O–H groups in total. The molecular formula is C16H16BrFN2O. The first-order chi connectivity index (χ1) is 10.1. The maximum atomic E-state index is 13.2. The predicted molar refractivity (Wildman–Crippen MR) is 84.4 cm³/mol. The Morgan fingerprint density at radius 3 is 2.67 bits per heavy atom. The molecule has 110 valence electrons. The molecule has 0 aliphatic rings. The van der Waals surface area contributed by atoms with Crippen molar-refractivity contribution in [2.45, 2.75) is 12.5 Å². The van der Waals surface area contributed by atoms with Crippen LogP contribution in [0.1, 0.15) is 28.4 Å². The van der Waals surface area contributed by atoms with Gasteiger partial charge in [0.15, 0.2) is 0 Å². The van der Waals surface area contributed by atoms with Gasteiger partial charge in [-0.15, -0.1) is 0 Å². The van der Waals surface area contributed by atoms with E-state index in [0.29, 0.717) is 17.4 Å². The fourth-order valence-electron chi connectivity index (χ4n) is 1.97. The lowest BCUT2D eigenvalue weighted by atomic mass is 10.1. The van der Waals surface area contributed by atoms with Crippen molar-refractivity contribution in [1.82, 2.24) is 5.32 Å². The van der Waals surface area contributed by atoms with Crippen LogP contribution in [0.15, 0.2) is 53.0 Å². The topological polar surface area (TPSA) is 55.1 Å². The van der Waals surface area contributed by atoms with Crippen LogP contribution in [-0.2, 0) is 0 Å². The molecule has 1 atom stereocenters. The predicted octanol–water partition coefficient (Wildman–Crippen LogP) is 3.41. The highest BCUT2D eigenvalue weighted by Gasteiger charge is 2.12. The lowest BCUT2D eigenvalue weighted by Gasteiger charge is -2.13. The molecule has 0 saturated heterocycles. The van der Waals surface area contributed by atoms with E-state index in [-0.39, 0.29) is 17.5 Å². The van der Waals surface area contributed by atoms with Crippen LogP contribution in [0.5, 0.6) is 0 Å². The number of benzene rings is 2. The van der Waals surface area contributed by atoms with Gasteiger partial charge >= 0.3 is 0 Å². The van der Waals surface area contributed by atoms with Crippen LogP contribution in [0.25, 0.3) is 0 Å². The van der Waals surface area contributed by atoms with Gasteiger partial charge in [-0.2, -0.15) is 0 Å². The van der Waals surface area contributed by atoms with Crippen LogP contribution in [0.2, 0.25) is 0 Å². The number of carbonyl (C=O) groups excluding carboxylic acids is 1. The standard InChI is InChI=1S/C16H16BrFN2O/c17-14-7-6-12(18)10-13(14)16(21)20-9-8-15(19)11-4-2-1-3-5-11/h1-7,10,15H,8-9,19H2,(H,20,21). The van der Waals surface area contributed by atoms with Gasteiger partial charge in [-0.1, -0.05) is 30.3 Å². The molecular weight excluding hydrogens is 335 g/mol. The lowest BCUT2D eigenvalue weighted by Crippen LogP contribution is -2.27. The third kappa shape index (κ3) is 4.37. The molecule has 0 radical (unpaired) electrons. The van der Waals surface area contributed by atoms with Crippen molar-refractivity contribution in [3.05, 3.63) is 69.9 Å². The molecule has 1 amide bonds. The van der Waals surface area contributed by atoms with Gasteiger partial charge < -0.3 is 11.1 Å². The minimum atomic E-state index is -0.440. The molecule has 2 aromatic carbocycles. The Morgan fingerprint density at radius 2 is 1.95 bits per heavy atom. The Labute approximate surface area is 131 Å². The van der Waals surface area contributed by atoms with Crippen molar-refractivity contribution < 1.29 is 9.18 Å². The summed E-state index contributed by atoms with van der Waals surface area (Å²) in [6.45, 7) is 0.428. The molecule has 0 fully saturated rings. The Balaban J connectivity index is 1.88. The summed E-state index contributed by atoms with van der Waals surface area (Å²) in [7, 11) is 0. The van der Waals surface area contributed by atoms with E-state index in [1.54, 1.807) is 0 Å². The molecule has 21 heavy (non-hydrogen) atoms. The molecule has 0 aromatic heterocycles. The maximum Gasteiger partial charge on any atom is 0.252 e. The van der Waals surface area contributed by atoms with E-state index in [2.05, 4.69) is 21.2 Å². The number of carbonyl (C=O) groups is 1. The van der Waals surface area contributed by atoms with E-state index in [4.69, 9.17) is 5.73 Å². The third-order valence-electron chi connectivity index (χ3n) is 3.14. The molecule has 3 nitrogen and oxygen atoms in total. The van der Waals surface area contributed by atoms with E-state index >= 15 is 0 Å². The molecule has 0 saturated carbocycles. The zero-order valence-corrected chi connectivity index (χ0v) is 12.9. The molecule has 0 aliphatic carbocycles. The van der Waals surface area contributed by atoms with Gasteiger partial charge in [-0.25, -0.2) is 4.39 Å². The van der Waals surface area contributed by atoms with Gasteiger partial charge in [0.1, 0.15) is 5.82 Å². The number of halogens is 2. The van der Waals surface area contributed by atoms with Crippen molar-refractivity contribution in [2.24, 2.45) is 5.73 Å². The molecule has 5 heteroatoms. The lowest BCUT2D eigenvalue weighted by molar-refractivity contribution is 0.0951. The van der Waals surface area contributed by atoms with Crippen molar-refractivity contribution in [1.29, 1.82) is 0 Å². The third-order valence-corrected chi connectivity index (χ3v) is 3.83. The van der Waals surface area contributed by atoms with Crippen molar-refractivity contribution in [3.63, 3.8) is 0 Å². The first-order valence-electron chi connectivity index (χ1n) is 6.61. The normalized spacial score (nSPS) is 12.0. The highest BCUT2D eigenvalue weighted by atomic mass is 79.9. The summed E-state index contributed by atoms with van der Waals surface area (Å²) in [5.74, 6) is -0.758. The largest absolute Gasteiger partial charge is 0.352 e. The maximum absolute atomic E-state index is 13.2. The van der Waals surface area contributed by atoms with Crippen LogP contribution in [-0.4, -0.2) is 12.5 Å². The Hall–Kier alpha value is -1.72. The highest BCUT2D eigenvalue weighted by molar-refractivity contribution is 9.10. The Morgan fingerprint density at radius 1 is 1.24 bits per heavy atom. The van der Waals surface area contributed by atoms with Gasteiger partial charge in [-0.05, 0) is 46.1 Å². The minimum absolute atomic E-state index is 0.137. The van der Waals surface area contributed by atoms with Crippen molar-refractivity contribution in [3.8, 4) is 0 Å². The molecule has 0 spiro atoms. The average molecular weight is 351 g/mol. The SMILES string of the molecule is NC(CCNC(=O)c1cc(F)ccc1Br)c1ccccc1. The number of hydrogen-bond acceptors (Lipinski definition) is 2. The monoisotopic (exact) mass is 350 g/mol. The molecule has 1 unspecified atom stereocenters. The fourth-order valence-corrected chi connectivity index (χ4v) is 2.40. The second-order valence-corrected chi connectivity index (χ2v) is 5.54. The van der Waals surface area contributed by atoms with Gasteiger partial charge in [0.25, 0.3) is 5.91 Å². The van der Waals surface area contributed by atoms with Crippen LogP contribution < -0.4 is 11.1 Å². The molecule has 2 rings (SSSR count). The fraction of sp³-hybridized carbons (Fsp3) is 0.188.